The number of anilines is 1. The maximum Gasteiger partial charge on any atom is 0.300 e. The molecule has 0 saturated carbocycles. The summed E-state index contributed by atoms with van der Waals surface area (Å²) < 4.78 is 20.4. The van der Waals surface area contributed by atoms with Gasteiger partial charge in [0.15, 0.2) is 0 Å². The van der Waals surface area contributed by atoms with Gasteiger partial charge in [-0.25, -0.2) is 4.39 Å². The summed E-state index contributed by atoms with van der Waals surface area (Å²) in [5.74, 6) is -2.71. The summed E-state index contributed by atoms with van der Waals surface area (Å²) in [4.78, 5) is 27.1. The van der Waals surface area contributed by atoms with Gasteiger partial charge in [-0.05, 0) is 48.9 Å². The topological polar surface area (TPSA) is 87.1 Å². The fourth-order valence-corrected chi connectivity index (χ4v) is 3.82. The van der Waals surface area contributed by atoms with Gasteiger partial charge in [0.05, 0.1) is 23.9 Å². The summed E-state index contributed by atoms with van der Waals surface area (Å²) in [6, 6.07) is 16.8. The van der Waals surface area contributed by atoms with Gasteiger partial charge in [0.1, 0.15) is 23.1 Å². The molecule has 1 atom stereocenters. The van der Waals surface area contributed by atoms with Gasteiger partial charge in [0.2, 0.25) is 0 Å². The molecule has 2 N–H and O–H groups in total. The fraction of sp³-hybridized carbons (Fsp3) is 0.154. The maximum absolute atomic E-state index is 14.9. The SMILES string of the molecule is CCCOc1ccc(/C(O)=C2\C(=O)C(=O)N(c3ccccc3O)C2c2ccccc2F)cc1. The lowest BCUT2D eigenvalue weighted by Crippen LogP contribution is -2.29. The molecule has 3 aromatic carbocycles. The van der Waals surface area contributed by atoms with E-state index in [0.29, 0.717) is 12.4 Å². The smallest absolute Gasteiger partial charge is 0.300 e. The van der Waals surface area contributed by atoms with Crippen LogP contribution in [0.25, 0.3) is 5.76 Å². The minimum absolute atomic E-state index is 0.0180. The van der Waals surface area contributed by atoms with E-state index in [-0.39, 0.29) is 28.1 Å². The molecule has 1 amide bonds. The number of hydrogen-bond acceptors (Lipinski definition) is 5. The van der Waals surface area contributed by atoms with Gasteiger partial charge < -0.3 is 14.9 Å². The number of aliphatic hydroxyl groups is 1. The third kappa shape index (κ3) is 4.05. The average molecular weight is 447 g/mol. The van der Waals surface area contributed by atoms with Gasteiger partial charge in [0, 0.05) is 11.1 Å². The predicted molar refractivity (Wildman–Crippen MR) is 122 cm³/mol. The van der Waals surface area contributed by atoms with Gasteiger partial charge in [0.25, 0.3) is 11.7 Å². The normalized spacial score (nSPS) is 17.4. The predicted octanol–water partition coefficient (Wildman–Crippen LogP) is 4.95. The number of carbonyl (C=O) groups is 2. The number of rotatable bonds is 6. The second-order valence-electron chi connectivity index (χ2n) is 7.55. The van der Waals surface area contributed by atoms with Crippen LogP contribution in [0.5, 0.6) is 11.5 Å². The lowest BCUT2D eigenvalue weighted by Gasteiger charge is -2.26. The Morgan fingerprint density at radius 2 is 1.67 bits per heavy atom. The molecular formula is C26H22FNO5. The Hall–Kier alpha value is -4.13. The number of Topliss-reactive ketones (excluding diaryl/α,β-unsaturated/α-hetero) is 1. The van der Waals surface area contributed by atoms with E-state index in [1.165, 1.54) is 30.3 Å². The van der Waals surface area contributed by atoms with Crippen LogP contribution >= 0.6 is 0 Å². The highest BCUT2D eigenvalue weighted by atomic mass is 19.1. The number of hydrogen-bond donors (Lipinski definition) is 2. The minimum atomic E-state index is -1.27. The van der Waals surface area contributed by atoms with E-state index in [1.54, 1.807) is 42.5 Å². The number of halogens is 1. The zero-order chi connectivity index (χ0) is 23.5. The summed E-state index contributed by atoms with van der Waals surface area (Å²) in [5, 5.41) is 21.4. The number of amides is 1. The third-order valence-corrected chi connectivity index (χ3v) is 5.39. The molecule has 168 valence electrons. The number of benzene rings is 3. The number of ether oxygens (including phenoxy) is 1. The second-order valence-corrected chi connectivity index (χ2v) is 7.55. The van der Waals surface area contributed by atoms with Crippen LogP contribution in [0, 0.1) is 5.82 Å². The average Bonchev–Trinajstić information content (AvgIpc) is 3.08. The van der Waals surface area contributed by atoms with Crippen LogP contribution in [-0.2, 0) is 9.59 Å². The molecule has 33 heavy (non-hydrogen) atoms. The molecular weight excluding hydrogens is 425 g/mol. The largest absolute Gasteiger partial charge is 0.507 e. The van der Waals surface area contributed by atoms with Crippen LogP contribution in [0.1, 0.15) is 30.5 Å². The van der Waals surface area contributed by atoms with Gasteiger partial charge >= 0.3 is 0 Å². The quantitative estimate of drug-likeness (QED) is 0.317. The first-order chi connectivity index (χ1) is 15.9. The molecule has 0 spiro atoms. The van der Waals surface area contributed by atoms with Crippen LogP contribution in [0.2, 0.25) is 0 Å². The highest BCUT2D eigenvalue weighted by molar-refractivity contribution is 6.51. The number of carbonyl (C=O) groups excluding carboxylic acids is 2. The van der Waals surface area contributed by atoms with Crippen LogP contribution < -0.4 is 9.64 Å². The number of phenolic OH excluding ortho intramolecular Hbond substituents is 1. The number of aromatic hydroxyl groups is 1. The zero-order valence-electron chi connectivity index (χ0n) is 17.9. The van der Waals surface area contributed by atoms with E-state index in [2.05, 4.69) is 0 Å². The summed E-state index contributed by atoms with van der Waals surface area (Å²) in [6.45, 7) is 2.51. The Bertz CT molecular complexity index is 1240. The van der Waals surface area contributed by atoms with Crippen molar-refractivity contribution in [1.82, 2.24) is 0 Å². The zero-order valence-corrected chi connectivity index (χ0v) is 17.9. The Morgan fingerprint density at radius 1 is 1.00 bits per heavy atom. The van der Waals surface area contributed by atoms with Crippen molar-refractivity contribution in [2.45, 2.75) is 19.4 Å². The van der Waals surface area contributed by atoms with Crippen LogP contribution in [0.4, 0.5) is 10.1 Å². The van der Waals surface area contributed by atoms with Crippen LogP contribution in [-0.4, -0.2) is 28.5 Å². The molecule has 1 heterocycles. The van der Waals surface area contributed by atoms with E-state index in [1.807, 2.05) is 6.92 Å². The number of aliphatic hydroxyl groups excluding tert-OH is 1. The van der Waals surface area contributed by atoms with Crippen molar-refractivity contribution >= 4 is 23.1 Å². The van der Waals surface area contributed by atoms with E-state index in [9.17, 15) is 24.2 Å². The molecule has 1 fully saturated rings. The lowest BCUT2D eigenvalue weighted by molar-refractivity contribution is -0.132. The second kappa shape index (κ2) is 9.16. The molecule has 3 aromatic rings. The summed E-state index contributed by atoms with van der Waals surface area (Å²) in [7, 11) is 0. The summed E-state index contributed by atoms with van der Waals surface area (Å²) >= 11 is 0. The molecule has 0 aromatic heterocycles. The van der Waals surface area contributed by atoms with Crippen molar-refractivity contribution in [3.8, 4) is 11.5 Å². The fourth-order valence-electron chi connectivity index (χ4n) is 3.82. The lowest BCUT2D eigenvalue weighted by atomic mass is 9.94. The number of nitrogens with zero attached hydrogens (tertiary/aromatic N) is 1. The van der Waals surface area contributed by atoms with Crippen molar-refractivity contribution in [3.63, 3.8) is 0 Å². The number of ketones is 1. The molecule has 0 radical (unpaired) electrons. The molecule has 0 bridgehead atoms. The Kier molecular flexibility index (Phi) is 6.13. The van der Waals surface area contributed by atoms with Crippen molar-refractivity contribution in [2.75, 3.05) is 11.5 Å². The first kappa shape index (κ1) is 22.1. The first-order valence-corrected chi connectivity index (χ1v) is 10.5. The minimum Gasteiger partial charge on any atom is -0.507 e. The number of phenols is 1. The van der Waals surface area contributed by atoms with E-state index >= 15 is 0 Å². The maximum atomic E-state index is 14.9. The summed E-state index contributed by atoms with van der Waals surface area (Å²) in [5.41, 5.74) is 0.0608. The molecule has 1 aliphatic rings. The van der Waals surface area contributed by atoms with E-state index in [4.69, 9.17) is 4.74 Å². The van der Waals surface area contributed by atoms with E-state index in [0.717, 1.165) is 11.3 Å². The van der Waals surface area contributed by atoms with Gasteiger partial charge in [-0.3, -0.25) is 14.5 Å². The monoisotopic (exact) mass is 447 g/mol. The molecule has 4 rings (SSSR count). The van der Waals surface area contributed by atoms with Crippen LogP contribution in [0.15, 0.2) is 78.4 Å². The van der Waals surface area contributed by atoms with Gasteiger partial charge in [-0.1, -0.05) is 37.3 Å². The molecule has 1 saturated heterocycles. The molecule has 6 nitrogen and oxygen atoms in total. The van der Waals surface area contributed by atoms with Crippen molar-refractivity contribution in [1.29, 1.82) is 0 Å². The Balaban J connectivity index is 1.88. The first-order valence-electron chi connectivity index (χ1n) is 10.5. The van der Waals surface area contributed by atoms with Gasteiger partial charge in [-0.2, -0.15) is 0 Å². The van der Waals surface area contributed by atoms with Gasteiger partial charge in [-0.15, -0.1) is 0 Å². The molecule has 1 unspecified atom stereocenters. The Morgan fingerprint density at radius 3 is 2.33 bits per heavy atom. The molecule has 7 heteroatoms. The molecule has 0 aliphatic carbocycles. The van der Waals surface area contributed by atoms with E-state index < -0.39 is 29.3 Å². The third-order valence-electron chi connectivity index (χ3n) is 5.39. The Labute approximate surface area is 190 Å². The molecule has 1 aliphatic heterocycles. The standard InChI is InChI=1S/C26H22FNO5/c1-2-15-33-17-13-11-16(12-14-17)24(30)22-23(18-7-3-4-8-19(18)27)28(26(32)25(22)31)20-9-5-6-10-21(20)29/h3-14,23,29-30H,2,15H2,1H3/b24-22+. The van der Waals surface area contributed by atoms with Crippen molar-refractivity contribution < 1.29 is 28.9 Å². The van der Waals surface area contributed by atoms with Crippen molar-refractivity contribution in [3.05, 3.63) is 95.3 Å². The number of para-hydroxylation sites is 2. The van der Waals surface area contributed by atoms with Crippen molar-refractivity contribution in [2.24, 2.45) is 0 Å². The summed E-state index contributed by atoms with van der Waals surface area (Å²) in [6.07, 6.45) is 0.833. The van der Waals surface area contributed by atoms with Crippen LogP contribution in [0.3, 0.4) is 0 Å². The highest BCUT2D eigenvalue weighted by Gasteiger charge is 2.48. The highest BCUT2D eigenvalue weighted by Crippen LogP contribution is 2.45.